The minimum Gasteiger partial charge on any atom is -0.497 e. The number of nitrogens with zero attached hydrogens (tertiary/aromatic N) is 2. The van der Waals surface area contributed by atoms with Crippen molar-refractivity contribution in [2.24, 2.45) is 0 Å². The smallest absolute Gasteiger partial charge is 0.267 e. The van der Waals surface area contributed by atoms with Crippen LogP contribution in [0.15, 0.2) is 84.9 Å². The lowest BCUT2D eigenvalue weighted by molar-refractivity contribution is -0.124. The fraction of sp³-hybridized carbons (Fsp3) is 0.0741. The van der Waals surface area contributed by atoms with Gasteiger partial charge >= 0.3 is 0 Å². The van der Waals surface area contributed by atoms with Crippen molar-refractivity contribution in [2.45, 2.75) is 6.54 Å². The molecule has 0 radical (unpaired) electrons. The molecule has 0 aliphatic rings. The van der Waals surface area contributed by atoms with Crippen LogP contribution in [0.3, 0.4) is 0 Å². The summed E-state index contributed by atoms with van der Waals surface area (Å²) in [6.45, 7) is 0.227. The standard InChI is InChI=1S/C27H22ClN3O4/c1-35-23-14-12-22(13-15-23)31(17-21-11-10-19-3-2-4-24(28)26(19)29-21)27(33)20-8-5-18(6-9-20)7-16-25(32)30-34/h2-16,34H,17H2,1H3,(H,30,32)/b16-7+. The summed E-state index contributed by atoms with van der Waals surface area (Å²) in [6.07, 6.45) is 2.72. The number of ether oxygens (including phenoxy) is 1. The molecule has 2 amide bonds. The highest BCUT2D eigenvalue weighted by molar-refractivity contribution is 6.35. The van der Waals surface area contributed by atoms with Gasteiger partial charge in [-0.15, -0.1) is 0 Å². The van der Waals surface area contributed by atoms with Crippen LogP contribution in [0.4, 0.5) is 5.69 Å². The molecule has 4 aromatic rings. The van der Waals surface area contributed by atoms with E-state index in [0.29, 0.717) is 38.8 Å². The minimum absolute atomic E-state index is 0.222. The molecule has 1 heterocycles. The third kappa shape index (κ3) is 5.66. The van der Waals surface area contributed by atoms with Gasteiger partial charge < -0.3 is 9.64 Å². The molecule has 3 aromatic carbocycles. The molecule has 1 aromatic heterocycles. The number of fused-ring (bicyclic) bond motifs is 1. The van der Waals surface area contributed by atoms with Crippen molar-refractivity contribution < 1.29 is 19.5 Å². The van der Waals surface area contributed by atoms with Gasteiger partial charge in [0.05, 0.1) is 29.9 Å². The Morgan fingerprint density at radius 3 is 2.46 bits per heavy atom. The summed E-state index contributed by atoms with van der Waals surface area (Å²) in [5, 5.41) is 10.1. The Kier molecular flexibility index (Phi) is 7.40. The number of benzene rings is 3. The number of methoxy groups -OCH3 is 1. The predicted molar refractivity (Wildman–Crippen MR) is 136 cm³/mol. The van der Waals surface area contributed by atoms with Crippen molar-refractivity contribution in [3.05, 3.63) is 107 Å². The van der Waals surface area contributed by atoms with Crippen LogP contribution < -0.4 is 15.1 Å². The van der Waals surface area contributed by atoms with Crippen LogP contribution in [-0.4, -0.2) is 29.1 Å². The predicted octanol–water partition coefficient (Wildman–Crippen LogP) is 5.26. The molecule has 0 saturated carbocycles. The second kappa shape index (κ2) is 10.8. The third-order valence-corrected chi connectivity index (χ3v) is 5.68. The summed E-state index contributed by atoms with van der Waals surface area (Å²) in [6, 6.07) is 23.4. The quantitative estimate of drug-likeness (QED) is 0.211. The van der Waals surface area contributed by atoms with Crippen molar-refractivity contribution in [1.82, 2.24) is 10.5 Å². The number of carbonyl (C=O) groups is 2. The highest BCUT2D eigenvalue weighted by Gasteiger charge is 2.19. The van der Waals surface area contributed by atoms with Gasteiger partial charge in [0, 0.05) is 22.7 Å². The number of carbonyl (C=O) groups excluding carboxylic acids is 2. The molecule has 0 bridgehead atoms. The highest BCUT2D eigenvalue weighted by atomic mass is 35.5. The first-order valence-electron chi connectivity index (χ1n) is 10.7. The Balaban J connectivity index is 1.66. The van der Waals surface area contributed by atoms with E-state index in [9.17, 15) is 9.59 Å². The van der Waals surface area contributed by atoms with Crippen LogP contribution in [0.1, 0.15) is 21.6 Å². The molecule has 7 nitrogen and oxygen atoms in total. The number of aromatic nitrogens is 1. The molecule has 0 aliphatic carbocycles. The number of rotatable bonds is 7. The number of halogens is 1. The summed E-state index contributed by atoms with van der Waals surface area (Å²) in [4.78, 5) is 31.1. The molecule has 8 heteroatoms. The normalized spacial score (nSPS) is 10.9. The molecule has 0 spiro atoms. The van der Waals surface area contributed by atoms with Crippen molar-refractivity contribution >= 4 is 46.1 Å². The molecular formula is C27H22ClN3O4. The van der Waals surface area contributed by atoms with Gasteiger partial charge in [-0.1, -0.05) is 41.9 Å². The Labute approximate surface area is 207 Å². The average Bonchev–Trinajstić information content (AvgIpc) is 2.90. The van der Waals surface area contributed by atoms with Crippen molar-refractivity contribution in [2.75, 3.05) is 12.0 Å². The number of hydroxylamine groups is 1. The van der Waals surface area contributed by atoms with E-state index >= 15 is 0 Å². The van der Waals surface area contributed by atoms with Crippen LogP contribution in [0.2, 0.25) is 5.02 Å². The number of pyridine rings is 1. The number of amides is 2. The zero-order chi connectivity index (χ0) is 24.8. The zero-order valence-electron chi connectivity index (χ0n) is 18.8. The molecule has 0 saturated heterocycles. The van der Waals surface area contributed by atoms with Crippen molar-refractivity contribution in [3.8, 4) is 5.75 Å². The minimum atomic E-state index is -0.640. The van der Waals surface area contributed by atoms with Crippen LogP contribution in [-0.2, 0) is 11.3 Å². The summed E-state index contributed by atoms with van der Waals surface area (Å²) >= 11 is 6.34. The van der Waals surface area contributed by atoms with Crippen LogP contribution in [0, 0.1) is 0 Å². The van der Waals surface area contributed by atoms with E-state index in [0.717, 1.165) is 5.39 Å². The molecule has 176 valence electrons. The van der Waals surface area contributed by atoms with E-state index in [2.05, 4.69) is 0 Å². The number of hydrogen-bond acceptors (Lipinski definition) is 5. The van der Waals surface area contributed by atoms with E-state index < -0.39 is 5.91 Å². The number of para-hydroxylation sites is 1. The number of nitrogens with one attached hydrogen (secondary N) is 1. The Morgan fingerprint density at radius 1 is 1.03 bits per heavy atom. The first-order valence-corrected chi connectivity index (χ1v) is 11.1. The van der Waals surface area contributed by atoms with E-state index in [-0.39, 0.29) is 12.5 Å². The largest absolute Gasteiger partial charge is 0.497 e. The lowest BCUT2D eigenvalue weighted by Gasteiger charge is -2.23. The topological polar surface area (TPSA) is 91.8 Å². The van der Waals surface area contributed by atoms with Gasteiger partial charge in [-0.2, -0.15) is 0 Å². The zero-order valence-corrected chi connectivity index (χ0v) is 19.6. The van der Waals surface area contributed by atoms with E-state index in [1.54, 1.807) is 54.5 Å². The SMILES string of the molecule is COc1ccc(N(Cc2ccc3cccc(Cl)c3n2)C(=O)c2ccc(/C=C/C(=O)NO)cc2)cc1. The highest BCUT2D eigenvalue weighted by Crippen LogP contribution is 2.26. The van der Waals surface area contributed by atoms with Crippen molar-refractivity contribution in [3.63, 3.8) is 0 Å². The summed E-state index contributed by atoms with van der Waals surface area (Å²) in [5.41, 5.74) is 4.74. The fourth-order valence-electron chi connectivity index (χ4n) is 3.55. The van der Waals surface area contributed by atoms with Gasteiger partial charge in [-0.05, 0) is 60.2 Å². The average molecular weight is 488 g/mol. The van der Waals surface area contributed by atoms with E-state index in [1.807, 2.05) is 36.4 Å². The van der Waals surface area contributed by atoms with Gasteiger partial charge in [0.2, 0.25) is 0 Å². The Morgan fingerprint density at radius 2 is 1.77 bits per heavy atom. The first-order chi connectivity index (χ1) is 17.0. The van der Waals surface area contributed by atoms with Gasteiger partial charge in [-0.25, -0.2) is 10.5 Å². The van der Waals surface area contributed by atoms with Gasteiger partial charge in [0.15, 0.2) is 0 Å². The summed E-state index contributed by atoms with van der Waals surface area (Å²) in [7, 11) is 1.58. The lowest BCUT2D eigenvalue weighted by Crippen LogP contribution is -2.30. The van der Waals surface area contributed by atoms with Gasteiger partial charge in [-0.3, -0.25) is 14.8 Å². The molecule has 0 aliphatic heterocycles. The third-order valence-electron chi connectivity index (χ3n) is 5.37. The van der Waals surface area contributed by atoms with Crippen LogP contribution in [0.5, 0.6) is 5.75 Å². The molecule has 0 atom stereocenters. The lowest BCUT2D eigenvalue weighted by atomic mass is 10.1. The second-order valence-electron chi connectivity index (χ2n) is 7.63. The fourth-order valence-corrected chi connectivity index (χ4v) is 3.77. The maximum absolute atomic E-state index is 13.6. The first kappa shape index (κ1) is 23.9. The molecule has 0 fully saturated rings. The maximum atomic E-state index is 13.6. The van der Waals surface area contributed by atoms with E-state index in [4.69, 9.17) is 26.5 Å². The van der Waals surface area contributed by atoms with Gasteiger partial charge in [0.1, 0.15) is 5.75 Å². The monoisotopic (exact) mass is 487 g/mol. The summed E-state index contributed by atoms with van der Waals surface area (Å²) in [5.74, 6) is -0.182. The molecule has 4 rings (SSSR count). The molecule has 2 N–H and O–H groups in total. The molecule has 0 unspecified atom stereocenters. The van der Waals surface area contributed by atoms with Gasteiger partial charge in [0.25, 0.3) is 11.8 Å². The van der Waals surface area contributed by atoms with Crippen molar-refractivity contribution in [1.29, 1.82) is 0 Å². The Hall–Kier alpha value is -4.20. The second-order valence-corrected chi connectivity index (χ2v) is 8.04. The molecular weight excluding hydrogens is 466 g/mol. The Bertz CT molecular complexity index is 1390. The maximum Gasteiger partial charge on any atom is 0.267 e. The van der Waals surface area contributed by atoms with Crippen LogP contribution in [0.25, 0.3) is 17.0 Å². The number of anilines is 1. The summed E-state index contributed by atoms with van der Waals surface area (Å²) < 4.78 is 5.25. The van der Waals surface area contributed by atoms with E-state index in [1.165, 1.54) is 17.6 Å². The molecule has 35 heavy (non-hydrogen) atoms. The number of hydrogen-bond donors (Lipinski definition) is 2. The van der Waals surface area contributed by atoms with Crippen LogP contribution >= 0.6 is 11.6 Å².